The maximum Gasteiger partial charge on any atom is 0.481 e. The normalized spacial score (nSPS) is 19.8. The third kappa shape index (κ3) is 24.3. The van der Waals surface area contributed by atoms with Gasteiger partial charge in [0.05, 0.1) is 19.5 Å². The molecule has 1 saturated heterocycles. The molecule has 71 heavy (non-hydrogen) atoms. The molecule has 7 atom stereocenters. The largest absolute Gasteiger partial charge is 0.481 e. The number of unbranched alkanes of at least 4 members (excludes halogenated alkanes) is 12. The number of phosphoric acid groups is 3. The lowest BCUT2D eigenvalue weighted by atomic mass is 9.87. The van der Waals surface area contributed by atoms with Crippen LogP contribution in [0.3, 0.4) is 0 Å². The van der Waals surface area contributed by atoms with Crippen molar-refractivity contribution in [2.24, 2.45) is 5.41 Å². The van der Waals surface area contributed by atoms with Crippen molar-refractivity contribution in [1.29, 1.82) is 0 Å². The number of carbonyl (C=O) groups is 3. The number of nitrogens with one attached hydrogen (secondary N) is 2. The van der Waals surface area contributed by atoms with Crippen LogP contribution < -0.4 is 16.4 Å². The Balaban J connectivity index is 1.26. The van der Waals surface area contributed by atoms with Crippen LogP contribution in [-0.2, 0) is 50.7 Å². The number of imidazole rings is 1. The van der Waals surface area contributed by atoms with Crippen LogP contribution in [0, 0.1) is 5.41 Å². The number of hydrogen-bond donors (Lipinski definition) is 9. The first-order valence-corrected chi connectivity index (χ1v) is 29.4. The molecule has 3 heterocycles. The highest BCUT2D eigenvalue weighted by Gasteiger charge is 2.50. The number of nitrogens with zero attached hydrogens (tertiary/aromatic N) is 4. The second-order valence-corrected chi connectivity index (χ2v) is 23.1. The SMILES string of the molecule is CCCCC/C=C\C/C=C\CCCCCCCCCCCC(=O)SCCNC(=O)CCNC(=O)[C@H](O)C(C)(C)COP(=O)(O)OP(=O)(O)OC[C@H]1O[C@@H](n2cnc3c(N)ncnc32)[C@H](O)[C@@H]1OP(=O)(O)O. The highest BCUT2D eigenvalue weighted by Crippen LogP contribution is 2.61. The van der Waals surface area contributed by atoms with E-state index in [1.807, 2.05) is 0 Å². The smallest absolute Gasteiger partial charge is 0.386 e. The van der Waals surface area contributed by atoms with Gasteiger partial charge in [-0.2, -0.15) is 4.31 Å². The van der Waals surface area contributed by atoms with Gasteiger partial charge in [-0.1, -0.05) is 115 Å². The fourth-order valence-corrected chi connectivity index (χ4v) is 10.7. The van der Waals surface area contributed by atoms with Gasteiger partial charge in [0.15, 0.2) is 22.8 Å². The highest BCUT2D eigenvalue weighted by molar-refractivity contribution is 8.13. The molecule has 2 unspecified atom stereocenters. The number of aliphatic hydroxyl groups excluding tert-OH is 2. The van der Waals surface area contributed by atoms with Crippen molar-refractivity contribution in [3.8, 4) is 0 Å². The molecular weight excluding hydrogens is 1010 g/mol. The number of aliphatic hydroxyl groups is 2. The third-order valence-corrected chi connectivity index (χ3v) is 15.1. The number of rotatable bonds is 37. The lowest BCUT2D eigenvalue weighted by molar-refractivity contribution is -0.137. The molecule has 24 nitrogen and oxygen atoms in total. The topological polar surface area (TPSA) is 364 Å². The number of aromatic nitrogens is 4. The summed E-state index contributed by atoms with van der Waals surface area (Å²) >= 11 is 1.15. The summed E-state index contributed by atoms with van der Waals surface area (Å²) in [5.41, 5.74) is 4.29. The maximum absolute atomic E-state index is 12.8. The molecule has 3 rings (SSSR count). The van der Waals surface area contributed by atoms with Gasteiger partial charge in [0.2, 0.25) is 11.8 Å². The van der Waals surface area contributed by atoms with Crippen LogP contribution >= 0.6 is 35.2 Å². The Bertz CT molecular complexity index is 2160. The number of hydrogen-bond acceptors (Lipinski definition) is 18. The quantitative estimate of drug-likeness (QED) is 0.0211. The van der Waals surface area contributed by atoms with Gasteiger partial charge in [-0.3, -0.25) is 32.5 Å². The zero-order valence-electron chi connectivity index (χ0n) is 40.7. The number of anilines is 1. The lowest BCUT2D eigenvalue weighted by Gasteiger charge is -2.30. The summed E-state index contributed by atoms with van der Waals surface area (Å²) in [6.07, 6.45) is 20.2. The zero-order valence-corrected chi connectivity index (χ0v) is 44.2. The summed E-state index contributed by atoms with van der Waals surface area (Å²) in [6.45, 7) is 2.79. The molecule has 0 bridgehead atoms. The molecule has 10 N–H and O–H groups in total. The Morgan fingerprint density at radius 3 is 2.13 bits per heavy atom. The minimum absolute atomic E-state index is 0.0330. The predicted molar refractivity (Wildman–Crippen MR) is 265 cm³/mol. The Morgan fingerprint density at radius 1 is 0.859 bits per heavy atom. The van der Waals surface area contributed by atoms with Crippen LogP contribution in [0.5, 0.6) is 0 Å². The molecule has 2 amide bonds. The van der Waals surface area contributed by atoms with Crippen molar-refractivity contribution < 1.29 is 80.5 Å². The molecule has 1 aliphatic rings. The number of nitrogens with two attached hydrogens (primary N) is 1. The lowest BCUT2D eigenvalue weighted by Crippen LogP contribution is -2.46. The van der Waals surface area contributed by atoms with Gasteiger partial charge in [0.1, 0.15) is 36.3 Å². The van der Waals surface area contributed by atoms with E-state index in [2.05, 4.69) is 65.6 Å². The second-order valence-electron chi connectivity index (χ2n) is 17.7. The van der Waals surface area contributed by atoms with E-state index in [0.29, 0.717) is 12.2 Å². The van der Waals surface area contributed by atoms with E-state index >= 15 is 0 Å². The maximum atomic E-state index is 12.8. The summed E-state index contributed by atoms with van der Waals surface area (Å²) < 4.78 is 62.5. The molecule has 404 valence electrons. The number of fused-ring (bicyclic) bond motifs is 1. The minimum Gasteiger partial charge on any atom is -0.386 e. The van der Waals surface area contributed by atoms with Crippen molar-refractivity contribution in [1.82, 2.24) is 30.2 Å². The number of phosphoric ester groups is 3. The van der Waals surface area contributed by atoms with E-state index < -0.39 is 84.6 Å². The summed E-state index contributed by atoms with van der Waals surface area (Å²) in [6, 6.07) is 0. The summed E-state index contributed by atoms with van der Waals surface area (Å²) in [5.74, 6) is -1.03. The minimum atomic E-state index is -5.58. The van der Waals surface area contributed by atoms with E-state index in [1.54, 1.807) is 0 Å². The van der Waals surface area contributed by atoms with Gasteiger partial charge < -0.3 is 50.9 Å². The molecule has 1 aliphatic heterocycles. The fraction of sp³-hybridized carbons (Fsp3) is 0.721. The Hall–Kier alpha value is -2.96. The Labute approximate surface area is 419 Å². The number of amides is 2. The van der Waals surface area contributed by atoms with E-state index in [4.69, 9.17) is 19.5 Å². The van der Waals surface area contributed by atoms with Crippen LogP contribution in [0.1, 0.15) is 136 Å². The molecule has 0 aromatic carbocycles. The van der Waals surface area contributed by atoms with Crippen LogP contribution in [0.2, 0.25) is 0 Å². The summed E-state index contributed by atoms with van der Waals surface area (Å²) in [4.78, 5) is 88.5. The first-order chi connectivity index (χ1) is 33.6. The molecule has 0 spiro atoms. The van der Waals surface area contributed by atoms with Crippen LogP contribution in [0.25, 0.3) is 11.2 Å². The molecule has 0 saturated carbocycles. The van der Waals surface area contributed by atoms with Crippen LogP contribution in [0.15, 0.2) is 37.0 Å². The number of ether oxygens (including phenoxy) is 1. The van der Waals surface area contributed by atoms with Gasteiger partial charge >= 0.3 is 23.5 Å². The monoisotopic (exact) mass is 1090 g/mol. The highest BCUT2D eigenvalue weighted by atomic mass is 32.2. The molecule has 1 fully saturated rings. The van der Waals surface area contributed by atoms with Gasteiger partial charge in [-0.05, 0) is 38.5 Å². The third-order valence-electron chi connectivity index (χ3n) is 11.1. The molecule has 0 aliphatic carbocycles. The van der Waals surface area contributed by atoms with Gasteiger partial charge in [0.25, 0.3) is 0 Å². The molecule has 28 heteroatoms. The van der Waals surface area contributed by atoms with Gasteiger partial charge in [-0.15, -0.1) is 0 Å². The number of allylic oxidation sites excluding steroid dienone is 4. The van der Waals surface area contributed by atoms with E-state index in [0.717, 1.165) is 61.1 Å². The van der Waals surface area contributed by atoms with E-state index in [-0.39, 0.29) is 41.6 Å². The molecular formula is C43H74N7O17P3S. The Morgan fingerprint density at radius 2 is 1.48 bits per heavy atom. The summed E-state index contributed by atoms with van der Waals surface area (Å²) in [5, 5.41) is 26.7. The van der Waals surface area contributed by atoms with Crippen molar-refractivity contribution in [3.63, 3.8) is 0 Å². The van der Waals surface area contributed by atoms with Gasteiger partial charge in [0, 0.05) is 37.1 Å². The fourth-order valence-electron chi connectivity index (χ4n) is 7.16. The number of nitrogen functional groups attached to an aromatic ring is 1. The molecule has 0 radical (unpaired) electrons. The van der Waals surface area contributed by atoms with Crippen LogP contribution in [-0.4, -0.2) is 123 Å². The first kappa shape index (κ1) is 62.3. The van der Waals surface area contributed by atoms with Crippen LogP contribution in [0.4, 0.5) is 5.82 Å². The predicted octanol–water partition coefficient (Wildman–Crippen LogP) is 6.04. The standard InChI is InChI=1S/C43H74N7O17P3S/c1-4-5-6-7-8-9-10-11-12-13-14-15-16-17-18-19-20-21-22-23-34(52)71-27-26-45-33(51)24-25-46-41(55)38(54)43(2,3)29-64-70(61,62)67-69(59,60)63-28-32-37(66-68(56,57)58)36(53)42(65-32)50-31-49-35-39(44)47-30-48-40(35)50/h8-9,11-12,30-32,36-38,42,53-54H,4-7,10,13-29H2,1-3H3,(H,45,51)(H,46,55)(H,59,60)(H,61,62)(H2,44,47,48)(H2,56,57,58)/b9-8-,12-11-/t32-,36-,37-,38+,42-/m1/s1. The second kappa shape index (κ2) is 31.7. The number of carbonyl (C=O) groups excluding carboxylic acids is 3. The van der Waals surface area contributed by atoms with Crippen molar-refractivity contribution in [2.75, 3.05) is 37.8 Å². The van der Waals surface area contributed by atoms with E-state index in [1.165, 1.54) is 78.1 Å². The summed E-state index contributed by atoms with van der Waals surface area (Å²) in [7, 11) is -16.4. The average molecular weight is 1090 g/mol. The average Bonchev–Trinajstić information content (AvgIpc) is 3.86. The number of thioether (sulfide) groups is 1. The van der Waals surface area contributed by atoms with Gasteiger partial charge in [-0.25, -0.2) is 28.6 Å². The zero-order chi connectivity index (χ0) is 52.5. The first-order valence-electron chi connectivity index (χ1n) is 23.9. The molecule has 2 aromatic rings. The van der Waals surface area contributed by atoms with E-state index in [9.17, 15) is 57.9 Å². The Kier molecular flexibility index (Phi) is 27.8. The molecule has 2 aromatic heterocycles. The van der Waals surface area contributed by atoms with Crippen molar-refractivity contribution in [3.05, 3.63) is 37.0 Å². The van der Waals surface area contributed by atoms with Crippen molar-refractivity contribution >= 4 is 69.1 Å². The van der Waals surface area contributed by atoms with Crippen molar-refractivity contribution in [2.45, 2.75) is 161 Å².